The van der Waals surface area contributed by atoms with Gasteiger partial charge in [-0.1, -0.05) is 0 Å². The molecule has 2 heterocycles. The fourth-order valence-electron chi connectivity index (χ4n) is 1.46. The van der Waals surface area contributed by atoms with Crippen LogP contribution in [0.1, 0.15) is 24.4 Å². The van der Waals surface area contributed by atoms with E-state index in [2.05, 4.69) is 4.98 Å². The largest absolute Gasteiger partial charge is 0.489 e. The summed E-state index contributed by atoms with van der Waals surface area (Å²) in [4.78, 5) is 14.6. The van der Waals surface area contributed by atoms with Crippen LogP contribution in [0.25, 0.3) is 11.3 Å². The summed E-state index contributed by atoms with van der Waals surface area (Å²) in [5, 5.41) is 0. The van der Waals surface area contributed by atoms with Crippen LogP contribution in [0.4, 0.5) is 0 Å². The Labute approximate surface area is 99.2 Å². The van der Waals surface area contributed by atoms with Crippen LogP contribution in [0.2, 0.25) is 0 Å². The monoisotopic (exact) mass is 231 g/mol. The van der Waals surface area contributed by atoms with Gasteiger partial charge >= 0.3 is 0 Å². The minimum Gasteiger partial charge on any atom is -0.489 e. The number of carbonyl (C=O) groups is 1. The van der Waals surface area contributed by atoms with Crippen molar-refractivity contribution in [1.29, 1.82) is 0 Å². The standard InChI is InChI=1S/C13H13NO3/c1-9(2)16-12-5-10(6-14-7-12)13-4-3-11(8-15)17-13/h3-9H,1-2H3. The maximum absolute atomic E-state index is 10.5. The predicted octanol–water partition coefficient (Wildman–Crippen LogP) is 2.94. The average molecular weight is 231 g/mol. The lowest BCUT2D eigenvalue weighted by Gasteiger charge is -2.09. The molecule has 0 aromatic carbocycles. The first-order valence-electron chi connectivity index (χ1n) is 5.36. The highest BCUT2D eigenvalue weighted by Crippen LogP contribution is 2.24. The van der Waals surface area contributed by atoms with Gasteiger partial charge in [0.1, 0.15) is 11.5 Å². The molecular formula is C13H13NO3. The van der Waals surface area contributed by atoms with Gasteiger partial charge in [0.05, 0.1) is 12.3 Å². The van der Waals surface area contributed by atoms with Crippen molar-refractivity contribution in [2.75, 3.05) is 0 Å². The van der Waals surface area contributed by atoms with E-state index in [0.717, 1.165) is 5.56 Å². The number of hydrogen-bond acceptors (Lipinski definition) is 4. The Bertz CT molecular complexity index is 517. The van der Waals surface area contributed by atoms with E-state index >= 15 is 0 Å². The van der Waals surface area contributed by atoms with Crippen LogP contribution in [-0.2, 0) is 0 Å². The van der Waals surface area contributed by atoms with Crippen LogP contribution >= 0.6 is 0 Å². The fourth-order valence-corrected chi connectivity index (χ4v) is 1.46. The Morgan fingerprint density at radius 2 is 2.18 bits per heavy atom. The molecule has 0 saturated carbocycles. The number of hydrogen-bond donors (Lipinski definition) is 0. The number of ether oxygens (including phenoxy) is 1. The second kappa shape index (κ2) is 4.82. The summed E-state index contributed by atoms with van der Waals surface area (Å²) in [6.45, 7) is 3.90. The normalized spacial score (nSPS) is 10.5. The van der Waals surface area contributed by atoms with E-state index in [4.69, 9.17) is 9.15 Å². The molecule has 4 heteroatoms. The van der Waals surface area contributed by atoms with Crippen molar-refractivity contribution in [3.63, 3.8) is 0 Å². The summed E-state index contributed by atoms with van der Waals surface area (Å²) < 4.78 is 10.9. The molecule has 2 rings (SSSR count). The number of carbonyl (C=O) groups excluding carboxylic acids is 1. The molecule has 0 atom stereocenters. The van der Waals surface area contributed by atoms with Gasteiger partial charge in [-0.25, -0.2) is 0 Å². The highest BCUT2D eigenvalue weighted by molar-refractivity contribution is 5.72. The Kier molecular flexibility index (Phi) is 3.23. The van der Waals surface area contributed by atoms with Crippen LogP contribution < -0.4 is 4.74 Å². The predicted molar refractivity (Wildman–Crippen MR) is 63.1 cm³/mol. The first-order valence-corrected chi connectivity index (χ1v) is 5.36. The van der Waals surface area contributed by atoms with Gasteiger partial charge in [0.15, 0.2) is 12.0 Å². The van der Waals surface area contributed by atoms with Crippen molar-refractivity contribution in [3.8, 4) is 17.1 Å². The van der Waals surface area contributed by atoms with Gasteiger partial charge in [-0.15, -0.1) is 0 Å². The van der Waals surface area contributed by atoms with Crippen molar-refractivity contribution in [2.45, 2.75) is 20.0 Å². The first-order chi connectivity index (χ1) is 8.19. The Hall–Kier alpha value is -2.10. The second-order valence-electron chi connectivity index (χ2n) is 3.90. The minimum atomic E-state index is 0.0918. The number of pyridine rings is 1. The minimum absolute atomic E-state index is 0.0918. The van der Waals surface area contributed by atoms with E-state index in [-0.39, 0.29) is 6.10 Å². The number of furan rings is 1. The maximum atomic E-state index is 10.5. The topological polar surface area (TPSA) is 52.3 Å². The van der Waals surface area contributed by atoms with Gasteiger partial charge in [-0.3, -0.25) is 9.78 Å². The van der Waals surface area contributed by atoms with Crippen LogP contribution in [-0.4, -0.2) is 17.4 Å². The molecule has 0 amide bonds. The smallest absolute Gasteiger partial charge is 0.185 e. The quantitative estimate of drug-likeness (QED) is 0.759. The van der Waals surface area contributed by atoms with Crippen LogP contribution in [0.5, 0.6) is 5.75 Å². The molecule has 0 fully saturated rings. The molecule has 2 aromatic heterocycles. The fraction of sp³-hybridized carbons (Fsp3) is 0.231. The molecule has 0 saturated heterocycles. The Balaban J connectivity index is 2.29. The lowest BCUT2D eigenvalue weighted by molar-refractivity contribution is 0.110. The van der Waals surface area contributed by atoms with Crippen LogP contribution in [0.15, 0.2) is 35.0 Å². The molecule has 0 aliphatic heterocycles. The van der Waals surface area contributed by atoms with Crippen molar-refractivity contribution in [3.05, 3.63) is 36.4 Å². The van der Waals surface area contributed by atoms with Crippen molar-refractivity contribution >= 4 is 6.29 Å². The summed E-state index contributed by atoms with van der Waals surface area (Å²) in [6, 6.07) is 5.19. The van der Waals surface area contributed by atoms with Gasteiger partial charge in [0, 0.05) is 11.8 Å². The lowest BCUT2D eigenvalue weighted by atomic mass is 10.2. The third-order valence-corrected chi connectivity index (χ3v) is 2.11. The number of rotatable bonds is 4. The summed E-state index contributed by atoms with van der Waals surface area (Å²) in [6.07, 6.45) is 4.08. The summed E-state index contributed by atoms with van der Waals surface area (Å²) in [7, 11) is 0. The number of aromatic nitrogens is 1. The zero-order valence-corrected chi connectivity index (χ0v) is 9.71. The molecule has 17 heavy (non-hydrogen) atoms. The molecule has 0 radical (unpaired) electrons. The van der Waals surface area contributed by atoms with Crippen molar-refractivity contribution in [2.24, 2.45) is 0 Å². The summed E-state index contributed by atoms with van der Waals surface area (Å²) >= 11 is 0. The average Bonchev–Trinajstić information content (AvgIpc) is 2.77. The van der Waals surface area contributed by atoms with E-state index in [1.54, 1.807) is 24.5 Å². The van der Waals surface area contributed by atoms with E-state index in [1.807, 2.05) is 19.9 Å². The van der Waals surface area contributed by atoms with E-state index < -0.39 is 0 Å². The Morgan fingerprint density at radius 3 is 2.82 bits per heavy atom. The molecule has 0 N–H and O–H groups in total. The molecule has 0 aliphatic carbocycles. The summed E-state index contributed by atoms with van der Waals surface area (Å²) in [5.74, 6) is 1.59. The lowest BCUT2D eigenvalue weighted by Crippen LogP contribution is -2.05. The van der Waals surface area contributed by atoms with E-state index in [0.29, 0.717) is 23.6 Å². The van der Waals surface area contributed by atoms with Crippen molar-refractivity contribution < 1.29 is 13.9 Å². The molecule has 88 valence electrons. The van der Waals surface area contributed by atoms with Gasteiger partial charge in [-0.2, -0.15) is 0 Å². The molecule has 2 aromatic rings. The molecule has 0 spiro atoms. The summed E-state index contributed by atoms with van der Waals surface area (Å²) in [5.41, 5.74) is 0.788. The highest BCUT2D eigenvalue weighted by atomic mass is 16.5. The van der Waals surface area contributed by atoms with E-state index in [9.17, 15) is 4.79 Å². The highest BCUT2D eigenvalue weighted by Gasteiger charge is 2.06. The third-order valence-electron chi connectivity index (χ3n) is 2.11. The third kappa shape index (κ3) is 2.72. The molecule has 0 unspecified atom stereocenters. The maximum Gasteiger partial charge on any atom is 0.185 e. The first kappa shape index (κ1) is 11.4. The van der Waals surface area contributed by atoms with Crippen LogP contribution in [0.3, 0.4) is 0 Å². The Morgan fingerprint density at radius 1 is 1.35 bits per heavy atom. The SMILES string of the molecule is CC(C)Oc1cncc(-c2ccc(C=O)o2)c1. The van der Waals surface area contributed by atoms with E-state index in [1.165, 1.54) is 0 Å². The molecular weight excluding hydrogens is 218 g/mol. The van der Waals surface area contributed by atoms with Gasteiger partial charge < -0.3 is 9.15 Å². The van der Waals surface area contributed by atoms with Crippen LogP contribution in [0, 0.1) is 0 Å². The molecule has 0 aliphatic rings. The van der Waals surface area contributed by atoms with Crippen molar-refractivity contribution in [1.82, 2.24) is 4.98 Å². The zero-order chi connectivity index (χ0) is 12.3. The molecule has 4 nitrogen and oxygen atoms in total. The zero-order valence-electron chi connectivity index (χ0n) is 9.71. The second-order valence-corrected chi connectivity index (χ2v) is 3.90. The number of nitrogens with zero attached hydrogens (tertiary/aromatic N) is 1. The van der Waals surface area contributed by atoms with Gasteiger partial charge in [0.2, 0.25) is 0 Å². The number of aldehydes is 1. The van der Waals surface area contributed by atoms with Gasteiger partial charge in [-0.05, 0) is 32.0 Å². The molecule has 0 bridgehead atoms. The van der Waals surface area contributed by atoms with Gasteiger partial charge in [0.25, 0.3) is 0 Å².